The number of hydrogen-bond donors (Lipinski definition) is 1. The summed E-state index contributed by atoms with van der Waals surface area (Å²) in [7, 11) is 0. The summed E-state index contributed by atoms with van der Waals surface area (Å²) in [6.07, 6.45) is 6.33. The van der Waals surface area contributed by atoms with Crippen LogP contribution in [0.5, 0.6) is 5.75 Å². The van der Waals surface area contributed by atoms with Gasteiger partial charge in [-0.1, -0.05) is 49.2 Å². The van der Waals surface area contributed by atoms with Crippen molar-refractivity contribution in [1.29, 1.82) is 0 Å². The van der Waals surface area contributed by atoms with Crippen LogP contribution in [-0.4, -0.2) is 29.4 Å². The van der Waals surface area contributed by atoms with E-state index in [1.54, 1.807) is 36.7 Å². The molecule has 0 saturated carbocycles. The summed E-state index contributed by atoms with van der Waals surface area (Å²) in [5, 5.41) is 10.8. The first-order valence-electron chi connectivity index (χ1n) is 8.45. The van der Waals surface area contributed by atoms with Gasteiger partial charge in [0.1, 0.15) is 17.6 Å². The molecule has 1 aromatic carbocycles. The fourth-order valence-corrected chi connectivity index (χ4v) is 2.86. The maximum Gasteiger partial charge on any atom is 0.145 e. The average Bonchev–Trinajstić information content (AvgIpc) is 2.64. The number of halogens is 2. The van der Waals surface area contributed by atoms with E-state index in [1.807, 2.05) is 32.1 Å². The number of benzene rings is 1. The van der Waals surface area contributed by atoms with E-state index in [0.29, 0.717) is 28.2 Å². The van der Waals surface area contributed by atoms with Crippen LogP contribution in [0.15, 0.2) is 61.1 Å². The van der Waals surface area contributed by atoms with Crippen LogP contribution in [0.3, 0.4) is 0 Å². The van der Waals surface area contributed by atoms with Gasteiger partial charge in [0, 0.05) is 22.8 Å². The van der Waals surface area contributed by atoms with Gasteiger partial charge in [-0.3, -0.25) is 4.98 Å². The molecule has 1 unspecified atom stereocenters. The molecule has 0 fully saturated rings. The van der Waals surface area contributed by atoms with Crippen molar-refractivity contribution >= 4 is 29.3 Å². The number of aliphatic hydroxyl groups excluding tert-OH is 1. The molecule has 1 atom stereocenters. The van der Waals surface area contributed by atoms with E-state index >= 15 is 0 Å². The van der Waals surface area contributed by atoms with Gasteiger partial charge in [-0.15, -0.1) is 6.58 Å². The molecule has 0 radical (unpaired) electrons. The van der Waals surface area contributed by atoms with E-state index < -0.39 is 11.5 Å². The second-order valence-corrected chi connectivity index (χ2v) is 7.50. The van der Waals surface area contributed by atoms with Crippen molar-refractivity contribution in [3.05, 3.63) is 76.7 Å². The molecule has 1 N–H and O–H groups in total. The van der Waals surface area contributed by atoms with Gasteiger partial charge >= 0.3 is 0 Å². The van der Waals surface area contributed by atoms with E-state index in [9.17, 15) is 5.11 Å². The van der Waals surface area contributed by atoms with Crippen LogP contribution in [0.2, 0.25) is 10.0 Å². The number of rotatable bonds is 9. The summed E-state index contributed by atoms with van der Waals surface area (Å²) >= 11 is 12.3. The molecule has 0 aliphatic rings. The summed E-state index contributed by atoms with van der Waals surface area (Å²) in [5.41, 5.74) is 0.217. The Kier molecular flexibility index (Phi) is 7.87. The zero-order valence-electron chi connectivity index (χ0n) is 15.4. The second-order valence-electron chi connectivity index (χ2n) is 6.66. The lowest BCUT2D eigenvalue weighted by atomic mass is 9.85. The monoisotopic (exact) mass is 407 g/mol. The van der Waals surface area contributed by atoms with E-state index in [0.717, 1.165) is 5.56 Å². The van der Waals surface area contributed by atoms with Gasteiger partial charge in [-0.25, -0.2) is 0 Å². The van der Waals surface area contributed by atoms with Crippen molar-refractivity contribution in [2.24, 2.45) is 5.41 Å². The van der Waals surface area contributed by atoms with Crippen LogP contribution >= 0.6 is 23.2 Å². The van der Waals surface area contributed by atoms with E-state index in [2.05, 4.69) is 11.6 Å². The molecule has 0 aliphatic carbocycles. The molecule has 144 valence electrons. The number of aliphatic hydroxyl groups is 1. The molecule has 0 aliphatic heterocycles. The molecule has 0 amide bonds. The van der Waals surface area contributed by atoms with Gasteiger partial charge in [0.15, 0.2) is 0 Å². The number of hydrogen-bond acceptors (Lipinski definition) is 4. The van der Waals surface area contributed by atoms with Gasteiger partial charge in [0.2, 0.25) is 0 Å². The Morgan fingerprint density at radius 3 is 2.70 bits per heavy atom. The molecule has 2 aromatic rings. The SMILES string of the molecule is C=CCOC(/C(=C\c1cccnc1)Oc1ccc(Cl)cc1Cl)C(C)(C)CO. The predicted molar refractivity (Wildman–Crippen MR) is 110 cm³/mol. The van der Waals surface area contributed by atoms with Gasteiger partial charge < -0.3 is 14.6 Å². The summed E-state index contributed by atoms with van der Waals surface area (Å²) in [6.45, 7) is 7.69. The van der Waals surface area contributed by atoms with Crippen molar-refractivity contribution in [3.8, 4) is 5.75 Å². The summed E-state index contributed by atoms with van der Waals surface area (Å²) in [5.74, 6) is 0.935. The molecule has 2 rings (SSSR count). The van der Waals surface area contributed by atoms with Gasteiger partial charge in [-0.05, 0) is 35.9 Å². The van der Waals surface area contributed by atoms with Crippen LogP contribution in [0.4, 0.5) is 0 Å². The van der Waals surface area contributed by atoms with Crippen molar-refractivity contribution in [2.45, 2.75) is 20.0 Å². The van der Waals surface area contributed by atoms with Gasteiger partial charge in [-0.2, -0.15) is 0 Å². The summed E-state index contributed by atoms with van der Waals surface area (Å²) in [4.78, 5) is 4.13. The molecule has 1 heterocycles. The lowest BCUT2D eigenvalue weighted by Crippen LogP contribution is -2.38. The molecule has 0 spiro atoms. The first-order chi connectivity index (χ1) is 12.9. The molecule has 1 aromatic heterocycles. The largest absolute Gasteiger partial charge is 0.457 e. The van der Waals surface area contributed by atoms with Crippen LogP contribution in [0.1, 0.15) is 19.4 Å². The number of ether oxygens (including phenoxy) is 2. The Hall–Kier alpha value is -1.85. The van der Waals surface area contributed by atoms with Crippen molar-refractivity contribution in [2.75, 3.05) is 13.2 Å². The lowest BCUT2D eigenvalue weighted by Gasteiger charge is -2.33. The van der Waals surface area contributed by atoms with Crippen LogP contribution < -0.4 is 4.74 Å². The smallest absolute Gasteiger partial charge is 0.145 e. The second kappa shape index (κ2) is 9.90. The number of aromatic nitrogens is 1. The van der Waals surface area contributed by atoms with Crippen LogP contribution in [-0.2, 0) is 4.74 Å². The maximum absolute atomic E-state index is 9.89. The Morgan fingerprint density at radius 2 is 2.11 bits per heavy atom. The topological polar surface area (TPSA) is 51.6 Å². The highest BCUT2D eigenvalue weighted by Crippen LogP contribution is 2.35. The normalized spacial score (nSPS) is 13.3. The standard InChI is InChI=1S/C21H23Cl2NO3/c1-4-10-26-20(21(2,3)14-25)19(11-15-6-5-9-24-13-15)27-18-8-7-16(22)12-17(18)23/h4-9,11-13,20,25H,1,10,14H2,2-3H3/b19-11+. The zero-order chi connectivity index (χ0) is 19.9. The number of nitrogens with zero attached hydrogens (tertiary/aromatic N) is 1. The molecule has 0 saturated heterocycles. The molecule has 4 nitrogen and oxygen atoms in total. The average molecular weight is 408 g/mol. The first kappa shape index (κ1) is 21.5. The molecular formula is C21H23Cl2NO3. The fraction of sp³-hybridized carbons (Fsp3) is 0.286. The third kappa shape index (κ3) is 6.08. The molecule has 0 bridgehead atoms. The van der Waals surface area contributed by atoms with Crippen molar-refractivity contribution in [1.82, 2.24) is 4.98 Å². The Bertz CT molecular complexity index is 791. The summed E-state index contributed by atoms with van der Waals surface area (Å²) < 4.78 is 12.1. The van der Waals surface area contributed by atoms with E-state index in [-0.39, 0.29) is 6.61 Å². The van der Waals surface area contributed by atoms with Crippen molar-refractivity contribution < 1.29 is 14.6 Å². The minimum absolute atomic E-state index is 0.100. The van der Waals surface area contributed by atoms with Crippen LogP contribution in [0.25, 0.3) is 6.08 Å². The quantitative estimate of drug-likeness (QED) is 0.446. The van der Waals surface area contributed by atoms with E-state index in [4.69, 9.17) is 32.7 Å². The maximum atomic E-state index is 9.89. The Balaban J connectivity index is 2.49. The van der Waals surface area contributed by atoms with Crippen LogP contribution in [0, 0.1) is 5.41 Å². The molecule has 6 heteroatoms. The van der Waals surface area contributed by atoms with E-state index in [1.165, 1.54) is 0 Å². The predicted octanol–water partition coefficient (Wildman–Crippen LogP) is 5.40. The zero-order valence-corrected chi connectivity index (χ0v) is 16.9. The summed E-state index contributed by atoms with van der Waals surface area (Å²) in [6, 6.07) is 8.72. The van der Waals surface area contributed by atoms with Gasteiger partial charge in [0.25, 0.3) is 0 Å². The Labute approximate surface area is 170 Å². The fourth-order valence-electron chi connectivity index (χ4n) is 2.41. The third-order valence-corrected chi connectivity index (χ3v) is 4.40. The number of pyridine rings is 1. The minimum atomic E-state index is -0.615. The Morgan fingerprint density at radius 1 is 1.33 bits per heavy atom. The first-order valence-corrected chi connectivity index (χ1v) is 9.21. The molecule has 27 heavy (non-hydrogen) atoms. The highest BCUT2D eigenvalue weighted by atomic mass is 35.5. The third-order valence-electron chi connectivity index (χ3n) is 3.87. The highest BCUT2D eigenvalue weighted by molar-refractivity contribution is 6.35. The van der Waals surface area contributed by atoms with Crippen molar-refractivity contribution in [3.63, 3.8) is 0 Å². The minimum Gasteiger partial charge on any atom is -0.457 e. The lowest BCUT2D eigenvalue weighted by molar-refractivity contribution is -0.0323. The highest BCUT2D eigenvalue weighted by Gasteiger charge is 2.34. The van der Waals surface area contributed by atoms with Gasteiger partial charge in [0.05, 0.1) is 18.2 Å². The molecular weight excluding hydrogens is 385 g/mol.